The first-order chi connectivity index (χ1) is 7.89. The highest BCUT2D eigenvalue weighted by Gasteiger charge is 2.53. The highest BCUT2D eigenvalue weighted by Crippen LogP contribution is 2.41. The first-order valence-corrected chi connectivity index (χ1v) is 6.71. The number of fused-ring (bicyclic) bond motifs is 1. The Kier molecular flexibility index (Phi) is 2.40. The van der Waals surface area contributed by atoms with Gasteiger partial charge in [0.25, 0.3) is 0 Å². The summed E-state index contributed by atoms with van der Waals surface area (Å²) in [5.41, 5.74) is 0.894. The van der Waals surface area contributed by atoms with E-state index in [-0.39, 0.29) is 18.3 Å². The van der Waals surface area contributed by atoms with Crippen molar-refractivity contribution in [3.05, 3.63) is 11.7 Å². The molecular formula is C13H22BNO2. The topological polar surface area (TPSA) is 21.7 Å². The first-order valence-electron chi connectivity index (χ1n) is 6.71. The average Bonchev–Trinajstić information content (AvgIpc) is 2.77. The Balaban J connectivity index is 1.76. The van der Waals surface area contributed by atoms with Gasteiger partial charge in [-0.15, -0.1) is 0 Å². The fourth-order valence-corrected chi connectivity index (χ4v) is 2.94. The molecule has 0 aromatic heterocycles. The lowest BCUT2D eigenvalue weighted by molar-refractivity contribution is 0.00578. The van der Waals surface area contributed by atoms with Crippen molar-refractivity contribution in [2.24, 2.45) is 0 Å². The van der Waals surface area contributed by atoms with Crippen LogP contribution >= 0.6 is 0 Å². The molecular weight excluding hydrogens is 213 g/mol. The molecule has 3 aliphatic heterocycles. The van der Waals surface area contributed by atoms with Gasteiger partial charge >= 0.3 is 7.12 Å². The lowest BCUT2D eigenvalue weighted by Gasteiger charge is -2.32. The molecule has 1 unspecified atom stereocenters. The van der Waals surface area contributed by atoms with Gasteiger partial charge in [-0.3, -0.25) is 0 Å². The lowest BCUT2D eigenvalue weighted by atomic mass is 9.76. The minimum absolute atomic E-state index is 0.134. The first kappa shape index (κ1) is 11.6. The number of hydrogen-bond donors (Lipinski definition) is 0. The molecule has 0 aliphatic carbocycles. The standard InChI is InChI=1S/C13H22BNO2/c1-12(2)13(3,4)17-14(16-12)10-8-11-6-5-7-15(11)9-10/h9,11H,5-8H2,1-4H3. The summed E-state index contributed by atoms with van der Waals surface area (Å²) < 4.78 is 12.2. The van der Waals surface area contributed by atoms with Crippen LogP contribution in [0.5, 0.6) is 0 Å². The van der Waals surface area contributed by atoms with Crippen molar-refractivity contribution in [2.45, 2.75) is 64.2 Å². The maximum absolute atomic E-state index is 6.10. The highest BCUT2D eigenvalue weighted by atomic mass is 16.7. The Morgan fingerprint density at radius 3 is 2.47 bits per heavy atom. The third kappa shape index (κ3) is 1.73. The van der Waals surface area contributed by atoms with E-state index < -0.39 is 0 Å². The van der Waals surface area contributed by atoms with E-state index in [2.05, 4.69) is 38.8 Å². The Hall–Kier alpha value is -0.475. The van der Waals surface area contributed by atoms with Crippen molar-refractivity contribution < 1.29 is 9.31 Å². The van der Waals surface area contributed by atoms with Gasteiger partial charge in [-0.25, -0.2) is 0 Å². The number of hydrogen-bond acceptors (Lipinski definition) is 3. The molecule has 2 saturated heterocycles. The van der Waals surface area contributed by atoms with Crippen molar-refractivity contribution in [1.29, 1.82) is 0 Å². The van der Waals surface area contributed by atoms with Crippen LogP contribution in [-0.2, 0) is 9.31 Å². The Morgan fingerprint density at radius 2 is 1.88 bits per heavy atom. The Bertz CT molecular complexity index is 348. The summed E-state index contributed by atoms with van der Waals surface area (Å²) >= 11 is 0. The summed E-state index contributed by atoms with van der Waals surface area (Å²) in [5.74, 6) is 0. The fourth-order valence-electron chi connectivity index (χ4n) is 2.94. The maximum atomic E-state index is 6.10. The molecule has 94 valence electrons. The summed E-state index contributed by atoms with van der Waals surface area (Å²) in [6.07, 6.45) is 6.05. The zero-order valence-corrected chi connectivity index (χ0v) is 11.3. The average molecular weight is 235 g/mol. The van der Waals surface area contributed by atoms with Crippen LogP contribution in [0.4, 0.5) is 0 Å². The Morgan fingerprint density at radius 1 is 1.24 bits per heavy atom. The van der Waals surface area contributed by atoms with Crippen LogP contribution in [0.3, 0.4) is 0 Å². The third-order valence-electron chi connectivity index (χ3n) is 4.78. The minimum Gasteiger partial charge on any atom is -0.400 e. The largest absolute Gasteiger partial charge is 0.492 e. The van der Waals surface area contributed by atoms with Gasteiger partial charge in [0.2, 0.25) is 0 Å². The molecule has 0 spiro atoms. The quantitative estimate of drug-likeness (QED) is 0.651. The third-order valence-corrected chi connectivity index (χ3v) is 4.78. The predicted molar refractivity (Wildman–Crippen MR) is 68.5 cm³/mol. The van der Waals surface area contributed by atoms with E-state index >= 15 is 0 Å². The predicted octanol–water partition coefficient (Wildman–Crippen LogP) is 2.37. The summed E-state index contributed by atoms with van der Waals surface area (Å²) in [6, 6.07) is 0.712. The second-order valence-corrected chi connectivity index (χ2v) is 6.53. The lowest BCUT2D eigenvalue weighted by Crippen LogP contribution is -2.41. The van der Waals surface area contributed by atoms with E-state index in [9.17, 15) is 0 Å². The van der Waals surface area contributed by atoms with E-state index in [0.717, 1.165) is 6.42 Å². The summed E-state index contributed by atoms with van der Waals surface area (Å²) in [5, 5.41) is 0. The molecule has 17 heavy (non-hydrogen) atoms. The molecule has 4 heteroatoms. The van der Waals surface area contributed by atoms with Gasteiger partial charge in [0.05, 0.1) is 11.2 Å². The van der Waals surface area contributed by atoms with Crippen molar-refractivity contribution in [1.82, 2.24) is 4.90 Å². The minimum atomic E-state index is -0.217. The SMILES string of the molecule is CC1(C)OB(C2=CN3CCCC3C2)OC1(C)C. The fraction of sp³-hybridized carbons (Fsp3) is 0.846. The molecule has 0 radical (unpaired) electrons. The number of rotatable bonds is 1. The van der Waals surface area contributed by atoms with Crippen LogP contribution in [0.25, 0.3) is 0 Å². The molecule has 3 aliphatic rings. The van der Waals surface area contributed by atoms with Crippen LogP contribution in [0.2, 0.25) is 0 Å². The maximum Gasteiger partial charge on any atom is 0.492 e. The Labute approximate surface area is 104 Å². The molecule has 0 aromatic carbocycles. The smallest absolute Gasteiger partial charge is 0.400 e. The molecule has 0 N–H and O–H groups in total. The summed E-state index contributed by atoms with van der Waals surface area (Å²) in [4.78, 5) is 2.46. The highest BCUT2D eigenvalue weighted by molar-refractivity contribution is 6.54. The van der Waals surface area contributed by atoms with Crippen LogP contribution in [0.15, 0.2) is 11.7 Å². The second-order valence-electron chi connectivity index (χ2n) is 6.53. The van der Waals surface area contributed by atoms with Gasteiger partial charge in [-0.1, -0.05) is 0 Å². The molecule has 0 bridgehead atoms. The molecule has 3 rings (SSSR count). The molecule has 0 saturated carbocycles. The summed E-state index contributed by atoms with van der Waals surface area (Å²) in [6.45, 7) is 9.66. The molecule has 3 heterocycles. The zero-order valence-electron chi connectivity index (χ0n) is 11.3. The van der Waals surface area contributed by atoms with Crippen LogP contribution in [0, 0.1) is 0 Å². The van der Waals surface area contributed by atoms with Gasteiger partial charge in [-0.2, -0.15) is 0 Å². The van der Waals surface area contributed by atoms with Crippen LogP contribution < -0.4 is 0 Å². The van der Waals surface area contributed by atoms with E-state index in [1.54, 1.807) is 0 Å². The van der Waals surface area contributed by atoms with Crippen molar-refractivity contribution in [3.63, 3.8) is 0 Å². The van der Waals surface area contributed by atoms with Gasteiger partial charge in [0, 0.05) is 12.6 Å². The molecule has 0 amide bonds. The second kappa shape index (κ2) is 3.52. The molecule has 1 atom stereocenters. The molecule has 0 aromatic rings. The van der Waals surface area contributed by atoms with E-state index in [4.69, 9.17) is 9.31 Å². The molecule has 2 fully saturated rings. The van der Waals surface area contributed by atoms with E-state index in [0.29, 0.717) is 6.04 Å². The van der Waals surface area contributed by atoms with Gasteiger partial charge in [-0.05, 0) is 58.6 Å². The summed E-state index contributed by atoms with van der Waals surface area (Å²) in [7, 11) is -0.134. The van der Waals surface area contributed by atoms with Gasteiger partial charge in [0.15, 0.2) is 0 Å². The van der Waals surface area contributed by atoms with Crippen molar-refractivity contribution >= 4 is 7.12 Å². The van der Waals surface area contributed by atoms with Crippen molar-refractivity contribution in [2.75, 3.05) is 6.54 Å². The zero-order chi connectivity index (χ0) is 12.3. The van der Waals surface area contributed by atoms with Crippen molar-refractivity contribution in [3.8, 4) is 0 Å². The van der Waals surface area contributed by atoms with Crippen LogP contribution in [-0.4, -0.2) is 35.8 Å². The van der Waals surface area contributed by atoms with E-state index in [1.807, 2.05) is 0 Å². The molecule has 3 nitrogen and oxygen atoms in total. The monoisotopic (exact) mass is 235 g/mol. The normalized spacial score (nSPS) is 34.1. The van der Waals surface area contributed by atoms with Crippen LogP contribution in [0.1, 0.15) is 47.0 Å². The van der Waals surface area contributed by atoms with Gasteiger partial charge < -0.3 is 14.2 Å². The number of nitrogens with zero attached hydrogens (tertiary/aromatic N) is 1. The van der Waals surface area contributed by atoms with Gasteiger partial charge in [0.1, 0.15) is 0 Å². The van der Waals surface area contributed by atoms with E-state index in [1.165, 1.54) is 24.9 Å².